The number of phenolic OH excluding ortho intramolecular Hbond substituents is 1. The van der Waals surface area contributed by atoms with Crippen LogP contribution >= 0.6 is 0 Å². The van der Waals surface area contributed by atoms with E-state index in [-0.39, 0.29) is 22.9 Å². The van der Waals surface area contributed by atoms with Crippen molar-refractivity contribution in [3.05, 3.63) is 65.2 Å². The standard InChI is InChI=1S/C25H25F2N5O6/c1-32-8-7-30-23(32)14-3-2-4-16(9-14)37-24-19(26)21(36-12-15(34)11-33)20(27)25(31-24)38-18-10-13(22(28)29)5-6-17(18)35/h2-6,9-10,15,33-35H,7-8,11-12H2,1H3,(H3,28,29). The SMILES string of the molecule is CN1CCN=C1c1cccc(Oc2nc(Oc3cc(C(=N)N)ccc3O)c(F)c(OCC(O)CO)c2F)c1. The van der Waals surface area contributed by atoms with Crippen LogP contribution in [0.5, 0.6) is 34.8 Å². The fourth-order valence-corrected chi connectivity index (χ4v) is 3.50. The van der Waals surface area contributed by atoms with Gasteiger partial charge in [0.05, 0.1) is 13.2 Å². The number of benzene rings is 2. The number of nitrogens with two attached hydrogens (primary N) is 1. The van der Waals surface area contributed by atoms with Gasteiger partial charge in [-0.25, -0.2) is 0 Å². The molecule has 2 heterocycles. The van der Waals surface area contributed by atoms with Crippen LogP contribution in [-0.4, -0.2) is 76.3 Å². The summed E-state index contributed by atoms with van der Waals surface area (Å²) in [5.41, 5.74) is 6.33. The Labute approximate surface area is 215 Å². The van der Waals surface area contributed by atoms with Gasteiger partial charge in [0.25, 0.3) is 11.8 Å². The summed E-state index contributed by atoms with van der Waals surface area (Å²) >= 11 is 0. The van der Waals surface area contributed by atoms with Crippen molar-refractivity contribution < 1.29 is 38.3 Å². The van der Waals surface area contributed by atoms with E-state index in [2.05, 4.69) is 9.98 Å². The zero-order chi connectivity index (χ0) is 27.4. The minimum Gasteiger partial charge on any atom is -0.504 e. The summed E-state index contributed by atoms with van der Waals surface area (Å²) in [5, 5.41) is 36.4. The van der Waals surface area contributed by atoms with Gasteiger partial charge >= 0.3 is 0 Å². The summed E-state index contributed by atoms with van der Waals surface area (Å²) in [6, 6.07) is 10.3. The molecule has 0 amide bonds. The highest BCUT2D eigenvalue weighted by atomic mass is 19.1. The largest absolute Gasteiger partial charge is 0.504 e. The lowest BCUT2D eigenvalue weighted by atomic mass is 10.2. The van der Waals surface area contributed by atoms with E-state index in [1.807, 2.05) is 11.9 Å². The number of aliphatic hydroxyl groups is 2. The third-order valence-corrected chi connectivity index (χ3v) is 5.45. The summed E-state index contributed by atoms with van der Waals surface area (Å²) < 4.78 is 46.7. The van der Waals surface area contributed by atoms with Crippen molar-refractivity contribution in [2.75, 3.05) is 33.4 Å². The number of halogens is 2. The van der Waals surface area contributed by atoms with E-state index in [0.717, 1.165) is 12.4 Å². The van der Waals surface area contributed by atoms with Crippen LogP contribution in [0.1, 0.15) is 11.1 Å². The molecule has 3 aromatic rings. The molecule has 6 N–H and O–H groups in total. The van der Waals surface area contributed by atoms with Gasteiger partial charge in [-0.3, -0.25) is 10.4 Å². The Balaban J connectivity index is 1.73. The molecule has 0 radical (unpaired) electrons. The molecule has 1 atom stereocenters. The van der Waals surface area contributed by atoms with Gasteiger partial charge in [0, 0.05) is 24.7 Å². The van der Waals surface area contributed by atoms with Crippen LogP contribution in [0.25, 0.3) is 0 Å². The molecule has 1 aliphatic rings. The number of ether oxygens (including phenoxy) is 3. The van der Waals surface area contributed by atoms with Crippen molar-refractivity contribution in [3.8, 4) is 34.8 Å². The normalized spacial score (nSPS) is 13.7. The number of aliphatic imine (C=N–C) groups is 1. The average molecular weight is 530 g/mol. The van der Waals surface area contributed by atoms with Crippen LogP contribution in [0.4, 0.5) is 8.78 Å². The number of aromatic nitrogens is 1. The van der Waals surface area contributed by atoms with E-state index in [1.54, 1.807) is 18.2 Å². The molecule has 13 heteroatoms. The van der Waals surface area contributed by atoms with Crippen molar-refractivity contribution in [2.45, 2.75) is 6.10 Å². The Bertz CT molecular complexity index is 1390. The Hall–Kier alpha value is -4.49. The third kappa shape index (κ3) is 5.74. The van der Waals surface area contributed by atoms with Gasteiger partial charge in [-0.2, -0.15) is 13.8 Å². The van der Waals surface area contributed by atoms with Crippen molar-refractivity contribution >= 4 is 11.7 Å². The molecule has 0 saturated carbocycles. The van der Waals surface area contributed by atoms with Crippen LogP contribution < -0.4 is 19.9 Å². The van der Waals surface area contributed by atoms with Crippen molar-refractivity contribution in [3.63, 3.8) is 0 Å². The van der Waals surface area contributed by atoms with E-state index in [0.29, 0.717) is 12.1 Å². The minimum absolute atomic E-state index is 0.150. The van der Waals surface area contributed by atoms with Crippen LogP contribution in [-0.2, 0) is 0 Å². The predicted molar refractivity (Wildman–Crippen MR) is 132 cm³/mol. The number of nitrogens with zero attached hydrogens (tertiary/aromatic N) is 3. The number of phenols is 1. The third-order valence-electron chi connectivity index (χ3n) is 5.45. The van der Waals surface area contributed by atoms with Gasteiger partial charge in [0.2, 0.25) is 17.4 Å². The van der Waals surface area contributed by atoms with Crippen LogP contribution in [0.15, 0.2) is 47.5 Å². The van der Waals surface area contributed by atoms with Gasteiger partial charge in [-0.05, 0) is 30.3 Å². The lowest BCUT2D eigenvalue weighted by Crippen LogP contribution is -2.23. The molecule has 0 fully saturated rings. The average Bonchev–Trinajstić information content (AvgIpc) is 3.33. The molecule has 0 aliphatic carbocycles. The van der Waals surface area contributed by atoms with E-state index in [4.69, 9.17) is 30.5 Å². The first-order valence-electron chi connectivity index (χ1n) is 11.4. The minimum atomic E-state index is -1.42. The van der Waals surface area contributed by atoms with Crippen LogP contribution in [0.3, 0.4) is 0 Å². The second-order valence-electron chi connectivity index (χ2n) is 8.28. The first kappa shape index (κ1) is 26.6. The number of nitrogen functional groups attached to an aromatic ring is 1. The molecule has 2 aromatic carbocycles. The number of likely N-dealkylation sites (N-methyl/N-ethyl adjacent to an activating group) is 1. The van der Waals surface area contributed by atoms with Gasteiger partial charge in [0.1, 0.15) is 30.1 Å². The fourth-order valence-electron chi connectivity index (χ4n) is 3.50. The Morgan fingerprint density at radius 1 is 1.16 bits per heavy atom. The Morgan fingerprint density at radius 2 is 1.89 bits per heavy atom. The lowest BCUT2D eigenvalue weighted by molar-refractivity contribution is 0.0504. The van der Waals surface area contributed by atoms with Crippen molar-refractivity contribution in [1.29, 1.82) is 5.41 Å². The highest BCUT2D eigenvalue weighted by Crippen LogP contribution is 2.39. The van der Waals surface area contributed by atoms with Crippen molar-refractivity contribution in [1.82, 2.24) is 9.88 Å². The number of hydrogen-bond donors (Lipinski definition) is 5. The van der Waals surface area contributed by atoms with Gasteiger partial charge in [-0.1, -0.05) is 12.1 Å². The fraction of sp³-hybridized carbons (Fsp3) is 0.240. The zero-order valence-corrected chi connectivity index (χ0v) is 20.2. The summed E-state index contributed by atoms with van der Waals surface area (Å²) in [4.78, 5) is 10.2. The lowest BCUT2D eigenvalue weighted by Gasteiger charge is -2.17. The summed E-state index contributed by atoms with van der Waals surface area (Å²) in [6.45, 7) is 0.00890. The summed E-state index contributed by atoms with van der Waals surface area (Å²) in [6.07, 6.45) is -1.42. The van der Waals surface area contributed by atoms with E-state index in [1.165, 1.54) is 24.3 Å². The Kier molecular flexibility index (Phi) is 7.88. The molecule has 4 rings (SSSR count). The van der Waals surface area contributed by atoms with Gasteiger partial charge in [0.15, 0.2) is 11.5 Å². The number of aromatic hydroxyl groups is 1. The maximum Gasteiger partial charge on any atom is 0.263 e. The maximum absolute atomic E-state index is 15.3. The summed E-state index contributed by atoms with van der Waals surface area (Å²) in [5.74, 6) is -5.51. The van der Waals surface area contributed by atoms with E-state index < -0.39 is 54.2 Å². The number of aliphatic hydroxyl groups excluding tert-OH is 2. The molecule has 11 nitrogen and oxygen atoms in total. The molecule has 38 heavy (non-hydrogen) atoms. The second kappa shape index (κ2) is 11.3. The maximum atomic E-state index is 15.3. The highest BCUT2D eigenvalue weighted by molar-refractivity contribution is 6.00. The quantitative estimate of drug-likeness (QED) is 0.196. The molecule has 1 aromatic heterocycles. The molecule has 200 valence electrons. The van der Waals surface area contributed by atoms with Crippen LogP contribution in [0.2, 0.25) is 0 Å². The van der Waals surface area contributed by atoms with Crippen molar-refractivity contribution in [2.24, 2.45) is 10.7 Å². The molecule has 0 bridgehead atoms. The topological polar surface area (TPSA) is 167 Å². The molecule has 0 saturated heterocycles. The van der Waals surface area contributed by atoms with Crippen LogP contribution in [0, 0.1) is 17.0 Å². The van der Waals surface area contributed by atoms with Gasteiger partial charge < -0.3 is 40.2 Å². The van der Waals surface area contributed by atoms with E-state index >= 15 is 8.78 Å². The molecular formula is C25H25F2N5O6. The molecule has 0 spiro atoms. The monoisotopic (exact) mass is 529 g/mol. The smallest absolute Gasteiger partial charge is 0.263 e. The number of hydrogen-bond acceptors (Lipinski definition) is 10. The second-order valence-corrected chi connectivity index (χ2v) is 8.28. The number of rotatable bonds is 10. The summed E-state index contributed by atoms with van der Waals surface area (Å²) in [7, 11) is 1.88. The first-order chi connectivity index (χ1) is 18.2. The zero-order valence-electron chi connectivity index (χ0n) is 20.2. The van der Waals surface area contributed by atoms with Gasteiger partial charge in [-0.15, -0.1) is 0 Å². The molecule has 1 unspecified atom stereocenters. The predicted octanol–water partition coefficient (Wildman–Crippen LogP) is 2.36. The first-order valence-corrected chi connectivity index (χ1v) is 11.4. The number of amidine groups is 2. The molecular weight excluding hydrogens is 504 g/mol. The number of pyridine rings is 1. The Morgan fingerprint density at radius 3 is 2.55 bits per heavy atom. The molecule has 1 aliphatic heterocycles. The number of nitrogens with one attached hydrogen (secondary N) is 1. The highest BCUT2D eigenvalue weighted by Gasteiger charge is 2.27. The van der Waals surface area contributed by atoms with E-state index in [9.17, 15) is 10.2 Å².